The molecule has 2 aromatic heterocycles. The summed E-state index contributed by atoms with van der Waals surface area (Å²) in [5, 5.41) is 14.1. The van der Waals surface area contributed by atoms with E-state index in [9.17, 15) is 9.90 Å². The van der Waals surface area contributed by atoms with Crippen LogP contribution < -0.4 is 10.6 Å². The molecule has 26 heavy (non-hydrogen) atoms. The van der Waals surface area contributed by atoms with E-state index in [1.165, 1.54) is 4.90 Å². The van der Waals surface area contributed by atoms with Crippen molar-refractivity contribution in [3.63, 3.8) is 0 Å². The van der Waals surface area contributed by atoms with Crippen LogP contribution in [0.5, 0.6) is 0 Å². The van der Waals surface area contributed by atoms with Gasteiger partial charge in [0.15, 0.2) is 11.6 Å². The van der Waals surface area contributed by atoms with Crippen LogP contribution in [-0.2, 0) is 0 Å². The van der Waals surface area contributed by atoms with Crippen LogP contribution in [0.2, 0.25) is 0 Å². The van der Waals surface area contributed by atoms with Gasteiger partial charge in [0.2, 0.25) is 0 Å². The number of piperazine rings is 1. The summed E-state index contributed by atoms with van der Waals surface area (Å²) in [4.78, 5) is 19.6. The van der Waals surface area contributed by atoms with Gasteiger partial charge in [-0.05, 0) is 24.0 Å². The molecule has 3 N–H and O–H groups in total. The Labute approximate surface area is 153 Å². The van der Waals surface area contributed by atoms with E-state index >= 15 is 0 Å². The monoisotopic (exact) mass is 358 g/mol. The Morgan fingerprint density at radius 1 is 1.27 bits per heavy atom. The van der Waals surface area contributed by atoms with Crippen LogP contribution in [0, 0.1) is 12.3 Å². The van der Waals surface area contributed by atoms with Crippen LogP contribution >= 0.6 is 0 Å². The maximum Gasteiger partial charge on any atom is 0.407 e. The molecule has 1 aliphatic rings. The van der Waals surface area contributed by atoms with Gasteiger partial charge in [0, 0.05) is 31.9 Å². The van der Waals surface area contributed by atoms with E-state index < -0.39 is 6.09 Å². The van der Waals surface area contributed by atoms with Crippen molar-refractivity contribution in [2.75, 3.05) is 30.3 Å². The molecule has 1 fully saturated rings. The first kappa shape index (κ1) is 18.0. The summed E-state index contributed by atoms with van der Waals surface area (Å²) in [6, 6.07) is 5.53. The minimum absolute atomic E-state index is 0.127. The number of hydrogen-bond acceptors (Lipinski definition) is 5. The second kappa shape index (κ2) is 6.51. The van der Waals surface area contributed by atoms with Crippen LogP contribution in [0.25, 0.3) is 5.82 Å². The summed E-state index contributed by atoms with van der Waals surface area (Å²) in [5.41, 5.74) is 7.03. The highest BCUT2D eigenvalue weighted by molar-refractivity contribution is 5.66. The minimum atomic E-state index is -0.876. The average Bonchev–Trinajstić information content (AvgIpc) is 2.96. The van der Waals surface area contributed by atoms with Gasteiger partial charge in [-0.1, -0.05) is 26.8 Å². The topological polar surface area (TPSA) is 101 Å². The molecule has 0 aromatic carbocycles. The summed E-state index contributed by atoms with van der Waals surface area (Å²) in [7, 11) is 0. The molecule has 0 bridgehead atoms. The molecule has 8 nitrogen and oxygen atoms in total. The van der Waals surface area contributed by atoms with Gasteiger partial charge in [-0.15, -0.1) is 5.10 Å². The van der Waals surface area contributed by atoms with Gasteiger partial charge in [0.1, 0.15) is 5.82 Å². The van der Waals surface area contributed by atoms with E-state index in [-0.39, 0.29) is 11.5 Å². The Morgan fingerprint density at radius 3 is 2.58 bits per heavy atom. The van der Waals surface area contributed by atoms with Gasteiger partial charge in [-0.25, -0.2) is 9.78 Å². The van der Waals surface area contributed by atoms with Crippen LogP contribution in [0.15, 0.2) is 24.4 Å². The third-order valence-corrected chi connectivity index (χ3v) is 4.79. The highest BCUT2D eigenvalue weighted by Gasteiger charge is 2.38. The fourth-order valence-corrected chi connectivity index (χ4v) is 3.27. The number of nitrogens with two attached hydrogens (primary N) is 1. The lowest BCUT2D eigenvalue weighted by atomic mass is 9.84. The molecule has 1 amide bonds. The molecule has 0 radical (unpaired) electrons. The first-order valence-corrected chi connectivity index (χ1v) is 8.70. The van der Waals surface area contributed by atoms with Gasteiger partial charge >= 0.3 is 6.09 Å². The zero-order chi connectivity index (χ0) is 19.1. The number of amides is 1. The molecule has 1 aliphatic heterocycles. The number of hydrogen-bond donors (Lipinski definition) is 2. The Hall–Kier alpha value is -2.77. The SMILES string of the molecule is Cc1ccc(-n2nc(N3CCN(C(=O)O)C(C(C)(C)C)C3)cc2N)nc1. The van der Waals surface area contributed by atoms with Gasteiger partial charge in [0.05, 0.1) is 6.04 Å². The lowest BCUT2D eigenvalue weighted by Gasteiger charge is -2.46. The van der Waals surface area contributed by atoms with Crippen LogP contribution in [0.4, 0.5) is 16.4 Å². The smallest absolute Gasteiger partial charge is 0.407 e. The van der Waals surface area contributed by atoms with E-state index in [1.54, 1.807) is 10.9 Å². The van der Waals surface area contributed by atoms with Crippen molar-refractivity contribution in [1.82, 2.24) is 19.7 Å². The maximum atomic E-state index is 11.6. The predicted octanol–water partition coefficient (Wildman–Crippen LogP) is 2.37. The number of rotatable bonds is 2. The Kier molecular flexibility index (Phi) is 4.52. The van der Waals surface area contributed by atoms with Crippen LogP contribution in [0.3, 0.4) is 0 Å². The van der Waals surface area contributed by atoms with E-state index in [0.29, 0.717) is 31.3 Å². The molecule has 0 saturated carbocycles. The summed E-state index contributed by atoms with van der Waals surface area (Å²) in [5.74, 6) is 1.91. The van der Waals surface area contributed by atoms with Gasteiger partial charge in [-0.2, -0.15) is 4.68 Å². The summed E-state index contributed by atoms with van der Waals surface area (Å²) < 4.78 is 1.62. The molecule has 1 atom stereocenters. The van der Waals surface area contributed by atoms with Crippen molar-refractivity contribution in [1.29, 1.82) is 0 Å². The standard InChI is InChI=1S/C18H26N6O2/c1-12-5-6-15(20-10-12)24-14(19)9-16(21-24)22-7-8-23(17(25)26)13(11-22)18(2,3)4/h5-6,9-10,13H,7-8,11,19H2,1-4H3,(H,25,26). The zero-order valence-corrected chi connectivity index (χ0v) is 15.7. The molecule has 3 rings (SSSR count). The van der Waals surface area contributed by atoms with Crippen molar-refractivity contribution in [2.24, 2.45) is 5.41 Å². The first-order valence-electron chi connectivity index (χ1n) is 8.70. The van der Waals surface area contributed by atoms with E-state index in [4.69, 9.17) is 5.73 Å². The van der Waals surface area contributed by atoms with Crippen LogP contribution in [-0.4, -0.2) is 56.5 Å². The molecule has 1 saturated heterocycles. The normalized spacial score (nSPS) is 18.2. The van der Waals surface area contributed by atoms with Crippen LogP contribution in [0.1, 0.15) is 26.3 Å². The van der Waals surface area contributed by atoms with Crippen molar-refractivity contribution in [2.45, 2.75) is 33.7 Å². The van der Waals surface area contributed by atoms with Crippen molar-refractivity contribution >= 4 is 17.7 Å². The molecule has 8 heteroatoms. The number of carbonyl (C=O) groups is 1. The Morgan fingerprint density at radius 2 is 2.00 bits per heavy atom. The second-order valence-corrected chi connectivity index (χ2v) is 7.84. The number of pyridine rings is 1. The van der Waals surface area contributed by atoms with Gasteiger partial charge in [0.25, 0.3) is 0 Å². The van der Waals surface area contributed by atoms with Crippen molar-refractivity contribution < 1.29 is 9.90 Å². The molecule has 0 aliphatic carbocycles. The number of anilines is 2. The summed E-state index contributed by atoms with van der Waals surface area (Å²) in [6.07, 6.45) is 0.899. The Bertz CT molecular complexity index is 793. The highest BCUT2D eigenvalue weighted by Crippen LogP contribution is 2.30. The fraction of sp³-hybridized carbons (Fsp3) is 0.500. The lowest BCUT2D eigenvalue weighted by molar-refractivity contribution is 0.0747. The number of aryl methyl sites for hydroxylation is 1. The predicted molar refractivity (Wildman–Crippen MR) is 101 cm³/mol. The third-order valence-electron chi connectivity index (χ3n) is 4.79. The lowest BCUT2D eigenvalue weighted by Crippen LogP contribution is -2.59. The highest BCUT2D eigenvalue weighted by atomic mass is 16.4. The number of aromatic nitrogens is 3. The number of carboxylic acid groups (broad SMARTS) is 1. The number of nitrogens with zero attached hydrogens (tertiary/aromatic N) is 5. The minimum Gasteiger partial charge on any atom is -0.465 e. The molecule has 3 heterocycles. The van der Waals surface area contributed by atoms with Gasteiger partial charge < -0.3 is 20.6 Å². The zero-order valence-electron chi connectivity index (χ0n) is 15.7. The van der Waals surface area contributed by atoms with Crippen molar-refractivity contribution in [3.8, 4) is 5.82 Å². The molecule has 2 aromatic rings. The third kappa shape index (κ3) is 3.44. The van der Waals surface area contributed by atoms with Crippen molar-refractivity contribution in [3.05, 3.63) is 30.0 Å². The first-order chi connectivity index (χ1) is 12.2. The average molecular weight is 358 g/mol. The molecule has 1 unspecified atom stereocenters. The quantitative estimate of drug-likeness (QED) is 0.855. The Balaban J connectivity index is 1.87. The van der Waals surface area contributed by atoms with E-state index in [0.717, 1.165) is 11.4 Å². The van der Waals surface area contributed by atoms with E-state index in [2.05, 4.69) is 35.8 Å². The fourth-order valence-electron chi connectivity index (χ4n) is 3.27. The number of nitrogen functional groups attached to an aromatic ring is 1. The molecular formula is C18H26N6O2. The summed E-state index contributed by atoms with van der Waals surface area (Å²) in [6.45, 7) is 9.74. The maximum absolute atomic E-state index is 11.6. The molecular weight excluding hydrogens is 332 g/mol. The molecule has 140 valence electrons. The largest absolute Gasteiger partial charge is 0.465 e. The molecule has 0 spiro atoms. The second-order valence-electron chi connectivity index (χ2n) is 7.84. The summed E-state index contributed by atoms with van der Waals surface area (Å²) >= 11 is 0. The van der Waals surface area contributed by atoms with E-state index in [1.807, 2.05) is 25.1 Å². The van der Waals surface area contributed by atoms with Gasteiger partial charge in [-0.3, -0.25) is 0 Å².